The lowest BCUT2D eigenvalue weighted by atomic mass is 10.1. The third-order valence-electron chi connectivity index (χ3n) is 5.69. The summed E-state index contributed by atoms with van der Waals surface area (Å²) in [5, 5.41) is 17.2. The molecule has 0 spiro atoms. The Balaban J connectivity index is 1.80. The number of aromatic nitrogens is 1. The molecular formula is C25H25F3N6O3S. The van der Waals surface area contributed by atoms with E-state index in [-0.39, 0.29) is 66.0 Å². The molecule has 1 aliphatic heterocycles. The van der Waals surface area contributed by atoms with Gasteiger partial charge in [0.25, 0.3) is 17.4 Å². The highest BCUT2D eigenvalue weighted by Crippen LogP contribution is 2.27. The fourth-order valence-electron chi connectivity index (χ4n) is 3.70. The SMILES string of the molecule is C#CCNC(=O)C(C#N)=c1sc(=CNc2ccc(F)c(NC(=O)CN3CCC(F)(F)CC3)c2)c(=O)n1CC. The first-order chi connectivity index (χ1) is 18.1. The van der Waals surface area contributed by atoms with Gasteiger partial charge in [-0.2, -0.15) is 5.26 Å². The molecule has 2 aromatic rings. The Bertz CT molecular complexity index is 1480. The van der Waals surface area contributed by atoms with Crippen LogP contribution in [0.4, 0.5) is 24.5 Å². The molecule has 1 fully saturated rings. The number of hydrogen-bond donors (Lipinski definition) is 3. The molecule has 3 rings (SSSR count). The number of likely N-dealkylation sites (tertiary alicyclic amines) is 1. The van der Waals surface area contributed by atoms with E-state index in [9.17, 15) is 32.8 Å². The van der Waals surface area contributed by atoms with E-state index in [1.807, 2.05) is 6.07 Å². The summed E-state index contributed by atoms with van der Waals surface area (Å²) in [7, 11) is 0. The van der Waals surface area contributed by atoms with Crippen molar-refractivity contribution in [3.63, 3.8) is 0 Å². The monoisotopic (exact) mass is 546 g/mol. The fraction of sp³-hybridized carbons (Fsp3) is 0.360. The molecule has 13 heteroatoms. The summed E-state index contributed by atoms with van der Waals surface area (Å²) in [6.45, 7) is 1.79. The Morgan fingerprint density at radius 3 is 2.63 bits per heavy atom. The quantitative estimate of drug-likeness (QED) is 0.426. The smallest absolute Gasteiger partial charge is 0.270 e. The number of piperidine rings is 1. The highest BCUT2D eigenvalue weighted by Gasteiger charge is 2.34. The Kier molecular flexibility index (Phi) is 9.34. The second-order valence-corrected chi connectivity index (χ2v) is 9.39. The minimum absolute atomic E-state index is 0.0636. The van der Waals surface area contributed by atoms with Gasteiger partial charge in [0, 0.05) is 44.4 Å². The highest BCUT2D eigenvalue weighted by atomic mass is 32.1. The Hall–Kier alpha value is -4.07. The first-order valence-corrected chi connectivity index (χ1v) is 12.4. The number of halogens is 3. The van der Waals surface area contributed by atoms with Crippen molar-refractivity contribution in [3.8, 4) is 18.4 Å². The van der Waals surface area contributed by atoms with Gasteiger partial charge >= 0.3 is 0 Å². The summed E-state index contributed by atoms with van der Waals surface area (Å²) in [6.07, 6.45) is 5.82. The zero-order valence-corrected chi connectivity index (χ0v) is 21.3. The lowest BCUT2D eigenvalue weighted by molar-refractivity contribution is -0.119. The number of anilines is 2. The molecule has 2 amide bonds. The van der Waals surface area contributed by atoms with E-state index in [4.69, 9.17) is 6.42 Å². The van der Waals surface area contributed by atoms with E-state index in [1.165, 1.54) is 22.9 Å². The van der Waals surface area contributed by atoms with Crippen LogP contribution in [0.2, 0.25) is 0 Å². The van der Waals surface area contributed by atoms with Crippen molar-refractivity contribution in [1.29, 1.82) is 5.26 Å². The summed E-state index contributed by atoms with van der Waals surface area (Å²) in [5.41, 5.74) is -0.486. The van der Waals surface area contributed by atoms with Crippen molar-refractivity contribution >= 4 is 46.3 Å². The van der Waals surface area contributed by atoms with Gasteiger partial charge in [-0.1, -0.05) is 5.92 Å². The van der Waals surface area contributed by atoms with Crippen molar-refractivity contribution in [2.45, 2.75) is 32.2 Å². The number of amides is 2. The predicted octanol–water partition coefficient (Wildman–Crippen LogP) is 1.01. The lowest BCUT2D eigenvalue weighted by Crippen LogP contribution is -2.43. The average Bonchev–Trinajstić information content (AvgIpc) is 3.19. The Morgan fingerprint density at radius 2 is 2.00 bits per heavy atom. The van der Waals surface area contributed by atoms with Crippen molar-refractivity contribution in [1.82, 2.24) is 14.8 Å². The molecule has 1 saturated heterocycles. The van der Waals surface area contributed by atoms with Gasteiger partial charge in [-0.15, -0.1) is 17.8 Å². The molecule has 1 aromatic heterocycles. The third kappa shape index (κ3) is 7.03. The Morgan fingerprint density at radius 1 is 1.29 bits per heavy atom. The Labute approximate surface area is 220 Å². The van der Waals surface area contributed by atoms with Gasteiger partial charge in [0.1, 0.15) is 21.1 Å². The number of nitrogens with one attached hydrogen (secondary N) is 3. The van der Waals surface area contributed by atoms with Gasteiger partial charge < -0.3 is 16.0 Å². The highest BCUT2D eigenvalue weighted by molar-refractivity contribution is 7.07. The number of carbonyl (C=O) groups excluding carboxylic acids is 2. The number of benzene rings is 1. The maximum atomic E-state index is 14.3. The molecule has 200 valence electrons. The van der Waals surface area contributed by atoms with Crippen LogP contribution in [0.1, 0.15) is 19.8 Å². The fourth-order valence-corrected chi connectivity index (χ4v) is 4.79. The van der Waals surface area contributed by atoms with Crippen molar-refractivity contribution in [3.05, 3.63) is 43.6 Å². The van der Waals surface area contributed by atoms with Gasteiger partial charge in [0.15, 0.2) is 5.57 Å². The zero-order chi connectivity index (χ0) is 27.9. The molecule has 0 saturated carbocycles. The molecule has 1 aliphatic rings. The first kappa shape index (κ1) is 28.5. The molecule has 0 radical (unpaired) electrons. The molecule has 3 N–H and O–H groups in total. The van der Waals surface area contributed by atoms with E-state index >= 15 is 0 Å². The van der Waals surface area contributed by atoms with Crippen LogP contribution in [0.25, 0.3) is 11.8 Å². The molecular weight excluding hydrogens is 521 g/mol. The van der Waals surface area contributed by atoms with Crippen LogP contribution in [-0.4, -0.2) is 53.4 Å². The van der Waals surface area contributed by atoms with Gasteiger partial charge in [-0.05, 0) is 25.1 Å². The number of thiazole rings is 1. The van der Waals surface area contributed by atoms with Crippen LogP contribution in [-0.2, 0) is 16.1 Å². The van der Waals surface area contributed by atoms with Crippen molar-refractivity contribution in [2.75, 3.05) is 36.8 Å². The van der Waals surface area contributed by atoms with E-state index in [1.54, 1.807) is 11.8 Å². The standard InChI is InChI=1S/C25H25F3N6O3S/c1-3-9-30-22(36)17(13-29)24-34(4-2)23(37)20(38-24)14-31-16-5-6-18(26)19(12-16)32-21(35)15-33-10-7-25(27,28)8-11-33/h1,5-6,12,14,31H,4,7-11,15H2,2H3,(H,30,36)(H,32,35). The van der Waals surface area contributed by atoms with Crippen LogP contribution < -0.4 is 30.7 Å². The summed E-state index contributed by atoms with van der Waals surface area (Å²) in [5.74, 6) is -2.45. The molecule has 38 heavy (non-hydrogen) atoms. The molecule has 1 aromatic carbocycles. The molecule has 0 atom stereocenters. The summed E-state index contributed by atoms with van der Waals surface area (Å²) in [4.78, 5) is 39.1. The van der Waals surface area contributed by atoms with Crippen LogP contribution in [0.15, 0.2) is 23.0 Å². The predicted molar refractivity (Wildman–Crippen MR) is 138 cm³/mol. The van der Waals surface area contributed by atoms with Crippen molar-refractivity contribution in [2.24, 2.45) is 0 Å². The zero-order valence-electron chi connectivity index (χ0n) is 20.4. The van der Waals surface area contributed by atoms with Gasteiger partial charge in [0.05, 0.1) is 18.8 Å². The number of nitriles is 1. The molecule has 9 nitrogen and oxygen atoms in total. The summed E-state index contributed by atoms with van der Waals surface area (Å²) < 4.78 is 42.6. The normalized spacial score (nSPS) is 16.2. The summed E-state index contributed by atoms with van der Waals surface area (Å²) >= 11 is 0.919. The number of terminal acetylenes is 1. The molecule has 0 unspecified atom stereocenters. The number of alkyl halides is 2. The van der Waals surface area contributed by atoms with Crippen LogP contribution in [0.5, 0.6) is 0 Å². The maximum absolute atomic E-state index is 14.3. The van der Waals surface area contributed by atoms with Gasteiger partial charge in [-0.3, -0.25) is 23.9 Å². The van der Waals surface area contributed by atoms with E-state index in [2.05, 4.69) is 21.9 Å². The number of hydrogen-bond acceptors (Lipinski definition) is 7. The molecule has 0 aliphatic carbocycles. The molecule has 2 heterocycles. The second-order valence-electron chi connectivity index (χ2n) is 8.36. The second kappa shape index (κ2) is 12.4. The largest absolute Gasteiger partial charge is 0.360 e. The van der Waals surface area contributed by atoms with Crippen molar-refractivity contribution < 1.29 is 22.8 Å². The van der Waals surface area contributed by atoms with Gasteiger partial charge in [-0.25, -0.2) is 13.2 Å². The third-order valence-corrected chi connectivity index (χ3v) is 6.82. The van der Waals surface area contributed by atoms with Gasteiger partial charge in [0.2, 0.25) is 5.91 Å². The van der Waals surface area contributed by atoms with Crippen LogP contribution in [0.3, 0.4) is 0 Å². The minimum Gasteiger partial charge on any atom is -0.360 e. The average molecular weight is 547 g/mol. The minimum atomic E-state index is -2.73. The van der Waals surface area contributed by atoms with Crippen LogP contribution >= 0.6 is 11.3 Å². The lowest BCUT2D eigenvalue weighted by Gasteiger charge is -2.31. The topological polar surface area (TPSA) is 119 Å². The van der Waals surface area contributed by atoms with Crippen LogP contribution in [0, 0.1) is 29.5 Å². The first-order valence-electron chi connectivity index (χ1n) is 11.6. The number of rotatable bonds is 8. The summed E-state index contributed by atoms with van der Waals surface area (Å²) in [6, 6.07) is 5.64. The van der Waals surface area contributed by atoms with E-state index in [0.29, 0.717) is 5.69 Å². The van der Waals surface area contributed by atoms with E-state index in [0.717, 1.165) is 17.4 Å². The number of nitrogens with zero attached hydrogens (tertiary/aromatic N) is 3. The maximum Gasteiger partial charge on any atom is 0.270 e. The van der Waals surface area contributed by atoms with E-state index < -0.39 is 29.1 Å². The number of carbonyl (C=O) groups is 2. The molecule has 0 bridgehead atoms.